The van der Waals surface area contributed by atoms with E-state index in [2.05, 4.69) is 62.8 Å². The molecule has 7 nitrogen and oxygen atoms in total. The first kappa shape index (κ1) is 21.5. The van der Waals surface area contributed by atoms with Gasteiger partial charge in [0.05, 0.1) is 26.0 Å². The van der Waals surface area contributed by atoms with E-state index in [1.54, 1.807) is 0 Å². The molecule has 2 aromatic carbocycles. The molecule has 7 heteroatoms. The van der Waals surface area contributed by atoms with Crippen molar-refractivity contribution in [1.82, 2.24) is 20.0 Å². The average Bonchev–Trinajstić information content (AvgIpc) is 3.31. The molecule has 2 aliphatic heterocycles. The van der Waals surface area contributed by atoms with Crippen LogP contribution < -0.4 is 10.1 Å². The molecule has 1 aromatic heterocycles. The number of aliphatic imine (C=N–C) groups is 1. The van der Waals surface area contributed by atoms with E-state index in [1.807, 2.05) is 31.2 Å². The largest absolute Gasteiger partial charge is 0.493 e. The molecule has 0 amide bonds. The van der Waals surface area contributed by atoms with Gasteiger partial charge in [-0.05, 0) is 47.2 Å². The van der Waals surface area contributed by atoms with Crippen LogP contribution in [0.1, 0.15) is 29.2 Å². The number of aromatic nitrogens is 2. The van der Waals surface area contributed by atoms with E-state index in [4.69, 9.17) is 9.47 Å². The Balaban J connectivity index is 1.20. The summed E-state index contributed by atoms with van der Waals surface area (Å²) >= 11 is 0. The first-order chi connectivity index (χ1) is 16.2. The van der Waals surface area contributed by atoms with Crippen molar-refractivity contribution in [3.8, 4) is 16.9 Å². The Morgan fingerprint density at radius 3 is 2.79 bits per heavy atom. The van der Waals surface area contributed by atoms with Crippen molar-refractivity contribution in [3.63, 3.8) is 0 Å². The summed E-state index contributed by atoms with van der Waals surface area (Å²) in [6.45, 7) is 3.79. The summed E-state index contributed by atoms with van der Waals surface area (Å²) in [5.41, 5.74) is 6.09. The van der Waals surface area contributed by atoms with Gasteiger partial charge in [0.1, 0.15) is 11.9 Å². The highest BCUT2D eigenvalue weighted by molar-refractivity contribution is 5.80. The quantitative estimate of drug-likeness (QED) is 0.491. The first-order valence-corrected chi connectivity index (χ1v) is 11.6. The fourth-order valence-corrected chi connectivity index (χ4v) is 4.52. The summed E-state index contributed by atoms with van der Waals surface area (Å²) in [5, 5.41) is 7.79. The van der Waals surface area contributed by atoms with Crippen LogP contribution in [0.3, 0.4) is 0 Å². The van der Waals surface area contributed by atoms with Crippen LogP contribution in [-0.4, -0.2) is 54.0 Å². The number of fused-ring (bicyclic) bond motifs is 1. The van der Waals surface area contributed by atoms with Gasteiger partial charge in [-0.3, -0.25) is 9.67 Å². The van der Waals surface area contributed by atoms with Crippen molar-refractivity contribution in [2.75, 3.05) is 33.4 Å². The summed E-state index contributed by atoms with van der Waals surface area (Å²) in [4.78, 5) is 6.76. The molecule has 1 saturated heterocycles. The van der Waals surface area contributed by atoms with Gasteiger partial charge in [-0.1, -0.05) is 30.3 Å². The summed E-state index contributed by atoms with van der Waals surface area (Å²) < 4.78 is 13.5. The zero-order chi connectivity index (χ0) is 22.6. The lowest BCUT2D eigenvalue weighted by atomic mass is 9.98. The molecule has 0 radical (unpaired) electrons. The highest BCUT2D eigenvalue weighted by Crippen LogP contribution is 2.30. The summed E-state index contributed by atoms with van der Waals surface area (Å²) in [6, 6.07) is 15.3. The first-order valence-electron chi connectivity index (χ1n) is 11.6. The van der Waals surface area contributed by atoms with Crippen LogP contribution >= 0.6 is 0 Å². The summed E-state index contributed by atoms with van der Waals surface area (Å²) in [6.07, 6.45) is 6.08. The van der Waals surface area contributed by atoms with Gasteiger partial charge >= 0.3 is 0 Å². The third-order valence-corrected chi connectivity index (χ3v) is 6.32. The van der Waals surface area contributed by atoms with Gasteiger partial charge in [0, 0.05) is 38.9 Å². The minimum atomic E-state index is 0.00676. The molecule has 3 heterocycles. The molecule has 3 aromatic rings. The summed E-state index contributed by atoms with van der Waals surface area (Å²) in [5.74, 6) is 1.93. The zero-order valence-electron chi connectivity index (χ0n) is 19.3. The van der Waals surface area contributed by atoms with Crippen LogP contribution in [0, 0.1) is 0 Å². The van der Waals surface area contributed by atoms with Crippen molar-refractivity contribution in [3.05, 3.63) is 71.5 Å². The van der Waals surface area contributed by atoms with E-state index in [0.717, 1.165) is 56.4 Å². The zero-order valence-corrected chi connectivity index (χ0v) is 19.3. The van der Waals surface area contributed by atoms with Gasteiger partial charge in [0.15, 0.2) is 5.96 Å². The lowest BCUT2D eigenvalue weighted by molar-refractivity contribution is -0.00805. The number of nitrogens with zero attached hydrogens (tertiary/aromatic N) is 4. The van der Waals surface area contributed by atoms with E-state index in [1.165, 1.54) is 22.3 Å². The Morgan fingerprint density at radius 2 is 2.00 bits per heavy atom. The molecule has 1 unspecified atom stereocenters. The number of guanidine groups is 1. The lowest BCUT2D eigenvalue weighted by Crippen LogP contribution is -2.47. The van der Waals surface area contributed by atoms with Gasteiger partial charge in [0.2, 0.25) is 0 Å². The second kappa shape index (κ2) is 9.67. The van der Waals surface area contributed by atoms with E-state index in [0.29, 0.717) is 6.61 Å². The lowest BCUT2D eigenvalue weighted by Gasteiger charge is -2.34. The van der Waals surface area contributed by atoms with Gasteiger partial charge < -0.3 is 19.7 Å². The van der Waals surface area contributed by atoms with Crippen LogP contribution in [0.25, 0.3) is 11.1 Å². The SMILES string of the molecule is CN=C(NCc1ccc(-c2ccc3c(c2)CCCO3)cc1)N1CCOC(c2cnn(C)c2)C1. The topological polar surface area (TPSA) is 63.9 Å². The Labute approximate surface area is 195 Å². The van der Waals surface area contributed by atoms with Crippen LogP contribution in [0.4, 0.5) is 0 Å². The van der Waals surface area contributed by atoms with E-state index in [-0.39, 0.29) is 6.10 Å². The number of hydrogen-bond acceptors (Lipinski definition) is 4. The molecule has 1 fully saturated rings. The van der Waals surface area contributed by atoms with Crippen LogP contribution in [-0.2, 0) is 24.8 Å². The van der Waals surface area contributed by atoms with Crippen molar-refractivity contribution in [2.24, 2.45) is 12.0 Å². The van der Waals surface area contributed by atoms with Crippen LogP contribution in [0.15, 0.2) is 59.9 Å². The molecule has 33 heavy (non-hydrogen) atoms. The monoisotopic (exact) mass is 445 g/mol. The minimum absolute atomic E-state index is 0.00676. The maximum atomic E-state index is 5.97. The molecule has 1 N–H and O–H groups in total. The highest BCUT2D eigenvalue weighted by Gasteiger charge is 2.25. The second-order valence-electron chi connectivity index (χ2n) is 8.62. The van der Waals surface area contributed by atoms with Crippen LogP contribution in [0.2, 0.25) is 0 Å². The van der Waals surface area contributed by atoms with Crippen molar-refractivity contribution in [1.29, 1.82) is 0 Å². The molecule has 0 saturated carbocycles. The maximum Gasteiger partial charge on any atom is 0.194 e. The number of nitrogens with one attached hydrogen (secondary N) is 1. The normalized spacial score (nSPS) is 18.5. The van der Waals surface area contributed by atoms with Crippen molar-refractivity contribution in [2.45, 2.75) is 25.5 Å². The minimum Gasteiger partial charge on any atom is -0.493 e. The molecule has 5 rings (SSSR count). The molecular weight excluding hydrogens is 414 g/mol. The third kappa shape index (κ3) is 4.88. The van der Waals surface area contributed by atoms with E-state index < -0.39 is 0 Å². The Morgan fingerprint density at radius 1 is 1.15 bits per heavy atom. The van der Waals surface area contributed by atoms with Crippen molar-refractivity contribution >= 4 is 5.96 Å². The molecular formula is C26H31N5O2. The van der Waals surface area contributed by atoms with Gasteiger partial charge in [-0.15, -0.1) is 0 Å². The van der Waals surface area contributed by atoms with E-state index >= 15 is 0 Å². The molecule has 0 bridgehead atoms. The smallest absolute Gasteiger partial charge is 0.194 e. The number of aryl methyl sites for hydroxylation is 2. The average molecular weight is 446 g/mol. The molecule has 0 aliphatic carbocycles. The Kier molecular flexibility index (Phi) is 6.30. The number of hydrogen-bond donors (Lipinski definition) is 1. The molecule has 172 valence electrons. The van der Waals surface area contributed by atoms with Gasteiger partial charge in [-0.25, -0.2) is 0 Å². The fourth-order valence-electron chi connectivity index (χ4n) is 4.52. The molecule has 1 atom stereocenters. The predicted molar refractivity (Wildman–Crippen MR) is 129 cm³/mol. The number of ether oxygens (including phenoxy) is 2. The van der Waals surface area contributed by atoms with Crippen molar-refractivity contribution < 1.29 is 9.47 Å². The predicted octanol–water partition coefficient (Wildman–Crippen LogP) is 3.56. The molecule has 2 aliphatic rings. The number of morpholine rings is 1. The standard InChI is InChI=1S/C26H31N5O2/c1-27-26(31-11-13-33-25(18-31)23-16-29-30(2)17-23)28-15-19-5-7-20(8-6-19)21-9-10-24-22(14-21)4-3-12-32-24/h5-10,14,16-17,25H,3-4,11-13,15,18H2,1-2H3,(H,27,28). The number of benzene rings is 2. The van der Waals surface area contributed by atoms with Gasteiger partial charge in [-0.2, -0.15) is 5.10 Å². The Hall–Kier alpha value is -3.32. The maximum absolute atomic E-state index is 5.97. The van der Waals surface area contributed by atoms with Gasteiger partial charge in [0.25, 0.3) is 0 Å². The van der Waals surface area contributed by atoms with E-state index in [9.17, 15) is 0 Å². The summed E-state index contributed by atoms with van der Waals surface area (Å²) in [7, 11) is 3.76. The third-order valence-electron chi connectivity index (χ3n) is 6.32. The molecule has 0 spiro atoms. The second-order valence-corrected chi connectivity index (χ2v) is 8.62. The number of rotatable bonds is 4. The Bertz CT molecular complexity index is 1120. The highest BCUT2D eigenvalue weighted by atomic mass is 16.5. The fraction of sp³-hybridized carbons (Fsp3) is 0.385. The van der Waals surface area contributed by atoms with Crippen LogP contribution in [0.5, 0.6) is 5.75 Å².